The summed E-state index contributed by atoms with van der Waals surface area (Å²) < 4.78 is 21.5. The molecule has 0 amide bonds. The number of aromatic hydroxyl groups is 1. The van der Waals surface area contributed by atoms with Gasteiger partial charge >= 0.3 is 13.8 Å². The number of carbonyl (C=O) groups is 1. The fraction of sp³-hybridized carbons (Fsp3) is 0.0400. The van der Waals surface area contributed by atoms with Gasteiger partial charge in [0, 0.05) is 29.1 Å². The number of esters is 1. The van der Waals surface area contributed by atoms with E-state index in [9.17, 15) is 14.5 Å². The number of pyridine rings is 1. The molecule has 4 aromatic rings. The first kappa shape index (κ1) is 23.2. The topological polar surface area (TPSA) is 126 Å². The van der Waals surface area contributed by atoms with Crippen molar-refractivity contribution in [1.82, 2.24) is 4.98 Å². The Kier molecular flexibility index (Phi) is 6.47. The van der Waals surface area contributed by atoms with Gasteiger partial charge in [0.25, 0.3) is 0 Å². The molecule has 1 aromatic heterocycles. The van der Waals surface area contributed by atoms with E-state index in [0.29, 0.717) is 22.3 Å². The van der Waals surface area contributed by atoms with Gasteiger partial charge in [-0.1, -0.05) is 48.5 Å². The first-order valence-electron chi connectivity index (χ1n) is 10.1. The highest BCUT2D eigenvalue weighted by Gasteiger charge is 2.48. The Labute approximate surface area is 195 Å². The van der Waals surface area contributed by atoms with E-state index in [1.165, 1.54) is 24.3 Å². The Morgan fingerprint density at radius 3 is 1.91 bits per heavy atom. The zero-order valence-electron chi connectivity index (χ0n) is 17.7. The van der Waals surface area contributed by atoms with Crippen molar-refractivity contribution in [3.05, 3.63) is 126 Å². The molecule has 0 bridgehead atoms. The predicted molar refractivity (Wildman–Crippen MR) is 123 cm³/mol. The largest absolute Gasteiger partial charge is 0.524 e. The predicted octanol–water partition coefficient (Wildman–Crippen LogP) is 4.41. The van der Waals surface area contributed by atoms with Crippen molar-refractivity contribution in [2.45, 2.75) is 5.60 Å². The van der Waals surface area contributed by atoms with E-state index in [2.05, 4.69) is 9.51 Å². The molecule has 0 spiro atoms. The second kappa shape index (κ2) is 9.49. The summed E-state index contributed by atoms with van der Waals surface area (Å²) in [4.78, 5) is 34.3. The van der Waals surface area contributed by atoms with Gasteiger partial charge in [-0.15, -0.1) is 0 Å². The molecule has 1 unspecified atom stereocenters. The number of cyclic esters (lactones) is 1. The minimum Gasteiger partial charge on any atom is -0.508 e. The molecular weight excluding hydrogens is 457 g/mol. The maximum Gasteiger partial charge on any atom is 0.524 e. The highest BCUT2D eigenvalue weighted by Crippen LogP contribution is 2.48. The lowest BCUT2D eigenvalue weighted by atomic mass is 9.80. The number of hydrogen-bond acceptors (Lipinski definition) is 6. The summed E-state index contributed by atoms with van der Waals surface area (Å²) in [5.74, 6) is -0.434. The fourth-order valence-electron chi connectivity index (χ4n) is 3.71. The Hall–Kier alpha value is -3.97. The molecule has 2 heterocycles. The molecule has 0 radical (unpaired) electrons. The van der Waals surface area contributed by atoms with Crippen molar-refractivity contribution < 1.29 is 33.5 Å². The van der Waals surface area contributed by atoms with Crippen LogP contribution in [0.5, 0.6) is 11.5 Å². The van der Waals surface area contributed by atoms with Crippen LogP contribution in [0.25, 0.3) is 0 Å². The van der Waals surface area contributed by atoms with E-state index in [0.717, 1.165) is 0 Å². The lowest BCUT2D eigenvalue weighted by Crippen LogP contribution is -2.29. The zero-order valence-corrected chi connectivity index (χ0v) is 18.6. The Bertz CT molecular complexity index is 1300. The number of carbonyl (C=O) groups excluding carboxylic acids is 1. The average Bonchev–Trinajstić information content (AvgIpc) is 3.14. The van der Waals surface area contributed by atoms with Crippen LogP contribution in [0, 0.1) is 0 Å². The minimum atomic E-state index is -4.68. The maximum atomic E-state index is 12.5. The lowest BCUT2D eigenvalue weighted by molar-refractivity contribution is 0.0251. The van der Waals surface area contributed by atoms with E-state index in [4.69, 9.17) is 14.5 Å². The number of aromatic nitrogens is 1. The molecule has 0 aliphatic carbocycles. The molecule has 172 valence electrons. The molecule has 9 heteroatoms. The number of phosphoric acid groups is 1. The number of nitrogens with zero attached hydrogens (tertiary/aromatic N) is 1. The number of phenols is 1. The summed E-state index contributed by atoms with van der Waals surface area (Å²) >= 11 is 0. The Morgan fingerprint density at radius 1 is 0.794 bits per heavy atom. The van der Waals surface area contributed by atoms with Crippen molar-refractivity contribution in [3.8, 4) is 11.5 Å². The molecule has 0 saturated carbocycles. The van der Waals surface area contributed by atoms with Crippen LogP contribution in [0.1, 0.15) is 27.0 Å². The van der Waals surface area contributed by atoms with Crippen LogP contribution in [0.3, 0.4) is 0 Å². The van der Waals surface area contributed by atoms with Crippen molar-refractivity contribution in [1.29, 1.82) is 0 Å². The van der Waals surface area contributed by atoms with E-state index in [1.807, 2.05) is 18.2 Å². The number of rotatable bonds is 4. The van der Waals surface area contributed by atoms with E-state index in [1.54, 1.807) is 60.9 Å². The van der Waals surface area contributed by atoms with Crippen molar-refractivity contribution in [2.75, 3.05) is 0 Å². The summed E-state index contributed by atoms with van der Waals surface area (Å²) in [5.41, 5.74) is 0.976. The summed E-state index contributed by atoms with van der Waals surface area (Å²) in [6.45, 7) is 0. The standard InChI is InChI=1S/C20H15O7P.C5H5N/c21-15-9-5-13(6-10-15)20(18-4-2-1-3-17(18)19(22)26-20)14-7-11-16(12-8-14)27-28(23,24)25;1-2-4-6-5-3-1/h1-12,21H,(H2,23,24,25);1-5H. The second-order valence-electron chi connectivity index (χ2n) is 7.29. The van der Waals surface area contributed by atoms with Gasteiger partial charge in [0.05, 0.1) is 5.56 Å². The van der Waals surface area contributed by atoms with Gasteiger partial charge in [-0.2, -0.15) is 0 Å². The Balaban J connectivity index is 0.000000398. The highest BCUT2D eigenvalue weighted by atomic mass is 31.2. The first-order valence-corrected chi connectivity index (χ1v) is 11.7. The molecule has 34 heavy (non-hydrogen) atoms. The lowest BCUT2D eigenvalue weighted by Gasteiger charge is -2.30. The number of hydrogen-bond donors (Lipinski definition) is 3. The van der Waals surface area contributed by atoms with Crippen molar-refractivity contribution >= 4 is 13.8 Å². The van der Waals surface area contributed by atoms with E-state index in [-0.39, 0.29) is 11.5 Å². The molecular formula is C25H20NO7P. The molecule has 0 fully saturated rings. The van der Waals surface area contributed by atoms with E-state index < -0.39 is 19.4 Å². The number of ether oxygens (including phenoxy) is 1. The summed E-state index contributed by atoms with van der Waals surface area (Å²) in [5, 5.41) is 9.65. The van der Waals surface area contributed by atoms with Gasteiger partial charge in [-0.25, -0.2) is 9.36 Å². The fourth-order valence-corrected chi connectivity index (χ4v) is 4.11. The molecule has 3 aromatic carbocycles. The third kappa shape index (κ3) is 4.84. The Morgan fingerprint density at radius 2 is 1.38 bits per heavy atom. The van der Waals surface area contributed by atoms with E-state index >= 15 is 0 Å². The number of benzene rings is 3. The van der Waals surface area contributed by atoms with Crippen LogP contribution in [-0.4, -0.2) is 25.8 Å². The van der Waals surface area contributed by atoms with Crippen LogP contribution in [0.4, 0.5) is 0 Å². The van der Waals surface area contributed by atoms with Crippen LogP contribution >= 0.6 is 7.82 Å². The van der Waals surface area contributed by atoms with Crippen LogP contribution < -0.4 is 4.52 Å². The summed E-state index contributed by atoms with van der Waals surface area (Å²) in [6.07, 6.45) is 3.50. The van der Waals surface area contributed by atoms with Gasteiger partial charge in [-0.05, 0) is 42.5 Å². The van der Waals surface area contributed by atoms with Crippen LogP contribution in [0.15, 0.2) is 103 Å². The molecule has 1 aliphatic heterocycles. The van der Waals surface area contributed by atoms with Gasteiger partial charge in [-0.3, -0.25) is 14.8 Å². The van der Waals surface area contributed by atoms with Gasteiger partial charge in [0.15, 0.2) is 5.60 Å². The molecule has 3 N–H and O–H groups in total. The summed E-state index contributed by atoms with van der Waals surface area (Å²) in [7, 11) is -4.68. The molecule has 1 atom stereocenters. The first-order chi connectivity index (χ1) is 16.3. The number of fused-ring (bicyclic) bond motifs is 1. The van der Waals surface area contributed by atoms with Gasteiger partial charge < -0.3 is 14.4 Å². The van der Waals surface area contributed by atoms with Gasteiger partial charge in [0.1, 0.15) is 11.5 Å². The third-order valence-corrected chi connectivity index (χ3v) is 5.55. The minimum absolute atomic E-state index is 0.0180. The van der Waals surface area contributed by atoms with Crippen LogP contribution in [0.2, 0.25) is 0 Å². The number of phosphoric ester groups is 1. The van der Waals surface area contributed by atoms with Crippen molar-refractivity contribution in [2.24, 2.45) is 0 Å². The third-order valence-electron chi connectivity index (χ3n) is 5.10. The molecule has 8 nitrogen and oxygen atoms in total. The normalized spacial score (nSPS) is 16.6. The molecule has 5 rings (SSSR count). The second-order valence-corrected chi connectivity index (χ2v) is 8.46. The smallest absolute Gasteiger partial charge is 0.508 e. The monoisotopic (exact) mass is 477 g/mol. The van der Waals surface area contributed by atoms with Crippen molar-refractivity contribution in [3.63, 3.8) is 0 Å². The van der Waals surface area contributed by atoms with Crippen LogP contribution in [-0.2, 0) is 14.9 Å². The average molecular weight is 477 g/mol. The number of phenolic OH excluding ortho intramolecular Hbond substituents is 1. The summed E-state index contributed by atoms with van der Waals surface area (Å²) in [6, 6.07) is 25.0. The molecule has 1 aliphatic rings. The van der Waals surface area contributed by atoms with Gasteiger partial charge in [0.2, 0.25) is 0 Å². The highest BCUT2D eigenvalue weighted by molar-refractivity contribution is 7.46. The quantitative estimate of drug-likeness (QED) is 0.292. The SMILES string of the molecule is O=C1OC(c2ccc(O)cc2)(c2ccc(OP(=O)(O)O)cc2)c2ccccc21.c1ccncc1. The molecule has 0 saturated heterocycles. The maximum absolute atomic E-state index is 12.5. The zero-order chi connectivity index (χ0) is 24.2.